The Hall–Kier alpha value is -2.03. The highest BCUT2D eigenvalue weighted by Gasteiger charge is 2.40. The molecule has 0 spiro atoms. The summed E-state index contributed by atoms with van der Waals surface area (Å²) in [6.45, 7) is 0.879. The van der Waals surface area contributed by atoms with Crippen LogP contribution in [-0.2, 0) is 14.3 Å². The molecule has 3 N–H and O–H groups in total. The third-order valence-electron chi connectivity index (χ3n) is 6.37. The highest BCUT2D eigenvalue weighted by Crippen LogP contribution is 2.35. The van der Waals surface area contributed by atoms with Crippen molar-refractivity contribution in [3.05, 3.63) is 24.0 Å². The van der Waals surface area contributed by atoms with E-state index in [1.165, 1.54) is 29.9 Å². The molecule has 4 rings (SSSR count). The van der Waals surface area contributed by atoms with Crippen LogP contribution < -0.4 is 16.0 Å². The van der Waals surface area contributed by atoms with Gasteiger partial charge in [0.2, 0.25) is 5.91 Å². The normalized spacial score (nSPS) is 21.6. The third-order valence-corrected chi connectivity index (χ3v) is 6.37. The molecule has 158 valence electrons. The SMILES string of the molecule is NC[C@H](C(=O)Nc1ccc(N2CCOCC2=O)c(F)c1)N(C1CCC1)C1CCC1. The van der Waals surface area contributed by atoms with Crippen molar-refractivity contribution in [3.63, 3.8) is 0 Å². The number of anilines is 2. The zero-order valence-electron chi connectivity index (χ0n) is 16.6. The summed E-state index contributed by atoms with van der Waals surface area (Å²) in [5.41, 5.74) is 6.57. The van der Waals surface area contributed by atoms with E-state index in [1.807, 2.05) is 0 Å². The van der Waals surface area contributed by atoms with E-state index in [1.54, 1.807) is 6.07 Å². The van der Waals surface area contributed by atoms with E-state index in [0.717, 1.165) is 25.7 Å². The minimum Gasteiger partial charge on any atom is -0.370 e. The van der Waals surface area contributed by atoms with Gasteiger partial charge in [0, 0.05) is 30.9 Å². The van der Waals surface area contributed by atoms with Gasteiger partial charge in [-0.05, 0) is 43.9 Å². The van der Waals surface area contributed by atoms with Crippen molar-refractivity contribution in [1.29, 1.82) is 0 Å². The quantitative estimate of drug-likeness (QED) is 0.724. The Morgan fingerprint density at radius 2 is 1.97 bits per heavy atom. The van der Waals surface area contributed by atoms with Crippen molar-refractivity contribution in [3.8, 4) is 0 Å². The van der Waals surface area contributed by atoms with Gasteiger partial charge in [-0.3, -0.25) is 14.5 Å². The molecule has 7 nitrogen and oxygen atoms in total. The number of nitrogens with zero attached hydrogens (tertiary/aromatic N) is 2. The van der Waals surface area contributed by atoms with Gasteiger partial charge < -0.3 is 20.7 Å². The molecular weight excluding hydrogens is 375 g/mol. The van der Waals surface area contributed by atoms with Crippen LogP contribution in [-0.4, -0.2) is 61.1 Å². The number of halogens is 1. The lowest BCUT2D eigenvalue weighted by Crippen LogP contribution is -2.60. The highest BCUT2D eigenvalue weighted by molar-refractivity contribution is 5.97. The first-order valence-corrected chi connectivity index (χ1v) is 10.5. The Morgan fingerprint density at radius 3 is 2.48 bits per heavy atom. The summed E-state index contributed by atoms with van der Waals surface area (Å²) < 4.78 is 19.8. The Morgan fingerprint density at radius 1 is 1.28 bits per heavy atom. The monoisotopic (exact) mass is 404 g/mol. The van der Waals surface area contributed by atoms with Crippen LogP contribution in [0.3, 0.4) is 0 Å². The average Bonchev–Trinajstić information content (AvgIpc) is 2.60. The Kier molecular flexibility index (Phi) is 6.12. The molecule has 1 atom stereocenters. The lowest BCUT2D eigenvalue weighted by molar-refractivity contribution is -0.126. The number of hydrogen-bond donors (Lipinski definition) is 2. The van der Waals surface area contributed by atoms with Crippen molar-refractivity contribution >= 4 is 23.2 Å². The van der Waals surface area contributed by atoms with Gasteiger partial charge in [-0.15, -0.1) is 0 Å². The number of morpholine rings is 1. The summed E-state index contributed by atoms with van der Waals surface area (Å²) in [7, 11) is 0. The molecule has 0 unspecified atom stereocenters. The number of amides is 2. The maximum Gasteiger partial charge on any atom is 0.253 e. The second-order valence-corrected chi connectivity index (χ2v) is 8.12. The van der Waals surface area contributed by atoms with Crippen molar-refractivity contribution < 1.29 is 18.7 Å². The largest absolute Gasteiger partial charge is 0.370 e. The van der Waals surface area contributed by atoms with Crippen molar-refractivity contribution in [1.82, 2.24) is 4.90 Å². The van der Waals surface area contributed by atoms with Gasteiger partial charge in [-0.25, -0.2) is 4.39 Å². The number of rotatable bonds is 7. The maximum absolute atomic E-state index is 14.7. The minimum atomic E-state index is -0.544. The first kappa shape index (κ1) is 20.3. The molecule has 2 amide bonds. The summed E-state index contributed by atoms with van der Waals surface area (Å²) >= 11 is 0. The molecule has 1 saturated heterocycles. The van der Waals surface area contributed by atoms with Gasteiger partial charge in [-0.2, -0.15) is 0 Å². The molecule has 0 bridgehead atoms. The average molecular weight is 404 g/mol. The summed E-state index contributed by atoms with van der Waals surface area (Å²) in [5, 5.41) is 2.83. The summed E-state index contributed by atoms with van der Waals surface area (Å²) in [5.74, 6) is -1.01. The second kappa shape index (κ2) is 8.77. The molecule has 1 aromatic rings. The van der Waals surface area contributed by atoms with E-state index in [-0.39, 0.29) is 30.7 Å². The summed E-state index contributed by atoms with van der Waals surface area (Å²) in [4.78, 5) is 28.6. The predicted octanol–water partition coefficient (Wildman–Crippen LogP) is 1.86. The van der Waals surface area contributed by atoms with Crippen LogP contribution in [0.25, 0.3) is 0 Å². The molecule has 0 aromatic heterocycles. The van der Waals surface area contributed by atoms with Crippen LogP contribution in [0.1, 0.15) is 38.5 Å². The van der Waals surface area contributed by atoms with Crippen LogP contribution in [0.4, 0.5) is 15.8 Å². The lowest BCUT2D eigenvalue weighted by Gasteiger charge is -2.49. The molecule has 2 saturated carbocycles. The van der Waals surface area contributed by atoms with E-state index < -0.39 is 11.9 Å². The van der Waals surface area contributed by atoms with E-state index in [2.05, 4.69) is 10.2 Å². The Balaban J connectivity index is 1.46. The van der Waals surface area contributed by atoms with Gasteiger partial charge in [0.1, 0.15) is 18.5 Å². The molecular formula is C21H29FN4O3. The molecule has 3 fully saturated rings. The smallest absolute Gasteiger partial charge is 0.253 e. The summed E-state index contributed by atoms with van der Waals surface area (Å²) in [6, 6.07) is 4.86. The zero-order chi connectivity index (χ0) is 20.4. The molecule has 1 aliphatic heterocycles. The van der Waals surface area contributed by atoms with Crippen LogP contribution in [0.15, 0.2) is 18.2 Å². The fraction of sp³-hybridized carbons (Fsp3) is 0.619. The fourth-order valence-corrected chi connectivity index (χ4v) is 4.34. The zero-order valence-corrected chi connectivity index (χ0v) is 16.6. The van der Waals surface area contributed by atoms with Crippen molar-refractivity contribution in [2.75, 3.05) is 36.5 Å². The molecule has 2 aliphatic carbocycles. The Labute approximate surface area is 170 Å². The van der Waals surface area contributed by atoms with Crippen LogP contribution in [0, 0.1) is 5.82 Å². The van der Waals surface area contributed by atoms with E-state index in [0.29, 0.717) is 30.9 Å². The number of carbonyl (C=O) groups is 2. The second-order valence-electron chi connectivity index (χ2n) is 8.12. The number of nitrogens with two attached hydrogens (primary N) is 1. The van der Waals surface area contributed by atoms with Gasteiger partial charge in [0.25, 0.3) is 5.91 Å². The standard InChI is InChI=1S/C21H29FN4O3/c22-17-11-14(7-8-18(17)25-9-10-29-13-20(25)27)24-21(28)19(12-23)26(15-3-1-4-15)16-5-2-6-16/h7-8,11,15-16,19H,1-6,9-10,12-13,23H2,(H,24,28)/t19-/m1/s1. The number of benzene rings is 1. The van der Waals surface area contributed by atoms with Gasteiger partial charge in [0.15, 0.2) is 0 Å². The van der Waals surface area contributed by atoms with Crippen LogP contribution >= 0.6 is 0 Å². The van der Waals surface area contributed by atoms with Crippen LogP contribution in [0.2, 0.25) is 0 Å². The minimum absolute atomic E-state index is 0.0473. The summed E-state index contributed by atoms with van der Waals surface area (Å²) in [6.07, 6.45) is 6.82. The number of carbonyl (C=O) groups excluding carboxylic acids is 2. The van der Waals surface area contributed by atoms with Crippen LogP contribution in [0.5, 0.6) is 0 Å². The third kappa shape index (κ3) is 4.15. The van der Waals surface area contributed by atoms with Gasteiger partial charge in [-0.1, -0.05) is 12.8 Å². The van der Waals surface area contributed by atoms with Gasteiger partial charge >= 0.3 is 0 Å². The number of ether oxygens (including phenoxy) is 1. The Bertz CT molecular complexity index is 752. The van der Waals surface area contributed by atoms with E-state index >= 15 is 0 Å². The molecule has 8 heteroatoms. The highest BCUT2D eigenvalue weighted by atomic mass is 19.1. The molecule has 29 heavy (non-hydrogen) atoms. The van der Waals surface area contributed by atoms with Gasteiger partial charge in [0.05, 0.1) is 12.3 Å². The predicted molar refractivity (Wildman–Crippen MR) is 108 cm³/mol. The van der Waals surface area contributed by atoms with E-state index in [9.17, 15) is 14.0 Å². The van der Waals surface area contributed by atoms with Crippen molar-refractivity contribution in [2.45, 2.75) is 56.7 Å². The first-order valence-electron chi connectivity index (χ1n) is 10.5. The number of nitrogens with one attached hydrogen (secondary N) is 1. The molecule has 1 aromatic carbocycles. The maximum atomic E-state index is 14.7. The first-order chi connectivity index (χ1) is 14.1. The lowest BCUT2D eigenvalue weighted by atomic mass is 9.83. The number of hydrogen-bond acceptors (Lipinski definition) is 5. The fourth-order valence-electron chi connectivity index (χ4n) is 4.34. The van der Waals surface area contributed by atoms with E-state index in [4.69, 9.17) is 10.5 Å². The topological polar surface area (TPSA) is 87.9 Å². The molecule has 1 heterocycles. The molecule has 0 radical (unpaired) electrons. The van der Waals surface area contributed by atoms with Crippen molar-refractivity contribution in [2.24, 2.45) is 5.73 Å². The molecule has 3 aliphatic rings.